The lowest BCUT2D eigenvalue weighted by atomic mass is 9.88. The Labute approximate surface area is 126 Å². The number of aromatic nitrogens is 3. The van der Waals surface area contributed by atoms with Crippen molar-refractivity contribution < 1.29 is 0 Å². The predicted octanol–water partition coefficient (Wildman–Crippen LogP) is 4.27. The Morgan fingerprint density at radius 2 is 2.10 bits per heavy atom. The maximum Gasteiger partial charge on any atom is 0.106 e. The van der Waals surface area contributed by atoms with E-state index < -0.39 is 0 Å². The topological polar surface area (TPSA) is 33.6 Å². The summed E-state index contributed by atoms with van der Waals surface area (Å²) in [6, 6.07) is 10.8. The minimum absolute atomic E-state index is 0.594. The van der Waals surface area contributed by atoms with Crippen molar-refractivity contribution in [3.63, 3.8) is 0 Å². The molecule has 0 fully saturated rings. The standard InChI is InChI=1S/C18H23N3/c1-3-14(2)16(12-18-19-9-10-20-18)13-21-11-8-15-6-4-5-7-17(15)21/h4-11,14,16H,3,12-13H2,1-2H3,(H,19,20). The molecule has 0 aliphatic carbocycles. The number of para-hydroxylation sites is 1. The van der Waals surface area contributed by atoms with Gasteiger partial charge in [0.15, 0.2) is 0 Å². The monoisotopic (exact) mass is 281 g/mol. The van der Waals surface area contributed by atoms with E-state index in [9.17, 15) is 0 Å². The Balaban J connectivity index is 1.83. The van der Waals surface area contributed by atoms with Gasteiger partial charge in [-0.15, -0.1) is 0 Å². The molecule has 1 aromatic carbocycles. The van der Waals surface area contributed by atoms with Gasteiger partial charge in [-0.05, 0) is 29.4 Å². The van der Waals surface area contributed by atoms with Crippen molar-refractivity contribution in [1.82, 2.24) is 14.5 Å². The first kappa shape index (κ1) is 13.9. The van der Waals surface area contributed by atoms with Crippen LogP contribution < -0.4 is 0 Å². The van der Waals surface area contributed by atoms with Crippen molar-refractivity contribution in [2.24, 2.45) is 11.8 Å². The highest BCUT2D eigenvalue weighted by Crippen LogP contribution is 2.24. The number of H-pyrrole nitrogens is 1. The zero-order valence-corrected chi connectivity index (χ0v) is 12.8. The lowest BCUT2D eigenvalue weighted by molar-refractivity contribution is 0.303. The van der Waals surface area contributed by atoms with Crippen molar-refractivity contribution >= 4 is 10.9 Å². The Morgan fingerprint density at radius 1 is 1.24 bits per heavy atom. The van der Waals surface area contributed by atoms with Crippen LogP contribution in [0.4, 0.5) is 0 Å². The van der Waals surface area contributed by atoms with Gasteiger partial charge >= 0.3 is 0 Å². The molecule has 2 heterocycles. The predicted molar refractivity (Wildman–Crippen MR) is 87.2 cm³/mol. The molecule has 2 unspecified atom stereocenters. The normalized spacial score (nSPS) is 14.4. The van der Waals surface area contributed by atoms with Crippen LogP contribution in [-0.2, 0) is 13.0 Å². The molecule has 0 saturated carbocycles. The summed E-state index contributed by atoms with van der Waals surface area (Å²) < 4.78 is 2.38. The molecule has 3 aromatic rings. The molecule has 1 N–H and O–H groups in total. The second kappa shape index (κ2) is 6.17. The molecule has 0 spiro atoms. The van der Waals surface area contributed by atoms with Gasteiger partial charge in [0.2, 0.25) is 0 Å². The Kier molecular flexibility index (Phi) is 4.09. The first-order valence-electron chi connectivity index (χ1n) is 7.80. The number of hydrogen-bond acceptors (Lipinski definition) is 1. The zero-order chi connectivity index (χ0) is 14.7. The van der Waals surface area contributed by atoms with Crippen LogP contribution in [0.15, 0.2) is 48.9 Å². The fourth-order valence-corrected chi connectivity index (χ4v) is 2.99. The molecule has 0 bridgehead atoms. The number of rotatable bonds is 6. The summed E-state index contributed by atoms with van der Waals surface area (Å²) >= 11 is 0. The summed E-state index contributed by atoms with van der Waals surface area (Å²) in [6.07, 6.45) is 8.17. The zero-order valence-electron chi connectivity index (χ0n) is 12.8. The van der Waals surface area contributed by atoms with Crippen molar-refractivity contribution in [2.45, 2.75) is 33.2 Å². The van der Waals surface area contributed by atoms with Gasteiger partial charge in [-0.25, -0.2) is 4.98 Å². The summed E-state index contributed by atoms with van der Waals surface area (Å²) in [5.41, 5.74) is 1.32. The number of hydrogen-bond donors (Lipinski definition) is 1. The number of nitrogens with one attached hydrogen (secondary N) is 1. The highest BCUT2D eigenvalue weighted by Gasteiger charge is 2.18. The second-order valence-corrected chi connectivity index (χ2v) is 5.91. The van der Waals surface area contributed by atoms with Crippen LogP contribution in [0.1, 0.15) is 26.1 Å². The van der Waals surface area contributed by atoms with E-state index in [-0.39, 0.29) is 0 Å². The van der Waals surface area contributed by atoms with Crippen LogP contribution in [0, 0.1) is 11.8 Å². The largest absolute Gasteiger partial charge is 0.349 e. The van der Waals surface area contributed by atoms with E-state index in [1.165, 1.54) is 17.3 Å². The first-order valence-corrected chi connectivity index (χ1v) is 7.80. The molecule has 0 radical (unpaired) electrons. The van der Waals surface area contributed by atoms with Crippen LogP contribution in [0.2, 0.25) is 0 Å². The molecule has 0 aliphatic rings. The lowest BCUT2D eigenvalue weighted by Crippen LogP contribution is -2.20. The number of benzene rings is 1. The molecule has 0 amide bonds. The van der Waals surface area contributed by atoms with Crippen molar-refractivity contribution in [1.29, 1.82) is 0 Å². The van der Waals surface area contributed by atoms with E-state index in [4.69, 9.17) is 0 Å². The van der Waals surface area contributed by atoms with Crippen LogP contribution in [0.3, 0.4) is 0 Å². The molecule has 0 saturated heterocycles. The van der Waals surface area contributed by atoms with Gasteiger partial charge in [-0.1, -0.05) is 38.5 Å². The maximum absolute atomic E-state index is 4.40. The fourth-order valence-electron chi connectivity index (χ4n) is 2.99. The van der Waals surface area contributed by atoms with E-state index in [1.807, 2.05) is 12.4 Å². The molecule has 3 rings (SSSR count). The van der Waals surface area contributed by atoms with Gasteiger partial charge in [0.1, 0.15) is 5.82 Å². The molecular weight excluding hydrogens is 258 g/mol. The van der Waals surface area contributed by atoms with Gasteiger partial charge in [0, 0.05) is 37.1 Å². The molecule has 2 aromatic heterocycles. The average Bonchev–Trinajstić information content (AvgIpc) is 3.16. The van der Waals surface area contributed by atoms with Crippen molar-refractivity contribution in [2.75, 3.05) is 0 Å². The minimum Gasteiger partial charge on any atom is -0.349 e. The van der Waals surface area contributed by atoms with Gasteiger partial charge in [-0.3, -0.25) is 0 Å². The summed E-state index contributed by atoms with van der Waals surface area (Å²) in [5, 5.41) is 1.32. The van der Waals surface area contributed by atoms with Gasteiger partial charge in [-0.2, -0.15) is 0 Å². The third-order valence-corrected chi connectivity index (χ3v) is 4.57. The van der Waals surface area contributed by atoms with Gasteiger partial charge in [0.05, 0.1) is 0 Å². The summed E-state index contributed by atoms with van der Waals surface area (Å²) in [6.45, 7) is 5.66. The van der Waals surface area contributed by atoms with E-state index in [0.29, 0.717) is 11.8 Å². The van der Waals surface area contributed by atoms with Crippen LogP contribution in [0.5, 0.6) is 0 Å². The number of fused-ring (bicyclic) bond motifs is 1. The number of aromatic amines is 1. The van der Waals surface area contributed by atoms with Crippen LogP contribution in [0.25, 0.3) is 10.9 Å². The van der Waals surface area contributed by atoms with Gasteiger partial charge in [0.25, 0.3) is 0 Å². The summed E-state index contributed by atoms with van der Waals surface area (Å²) in [4.78, 5) is 7.64. The molecule has 2 atom stereocenters. The van der Waals surface area contributed by atoms with E-state index in [1.54, 1.807) is 0 Å². The highest BCUT2D eigenvalue weighted by molar-refractivity contribution is 5.79. The van der Waals surface area contributed by atoms with E-state index in [2.05, 4.69) is 64.9 Å². The third kappa shape index (κ3) is 3.02. The summed E-state index contributed by atoms with van der Waals surface area (Å²) in [5.74, 6) is 2.37. The average molecular weight is 281 g/mol. The Bertz CT molecular complexity index is 681. The molecule has 110 valence electrons. The first-order chi connectivity index (χ1) is 10.3. The van der Waals surface area contributed by atoms with E-state index >= 15 is 0 Å². The van der Waals surface area contributed by atoms with Crippen molar-refractivity contribution in [3.8, 4) is 0 Å². The molecule has 3 heteroatoms. The SMILES string of the molecule is CCC(C)C(Cc1ncc[nH]1)Cn1ccc2ccccc21. The maximum atomic E-state index is 4.40. The molecule has 21 heavy (non-hydrogen) atoms. The van der Waals surface area contributed by atoms with Gasteiger partial charge < -0.3 is 9.55 Å². The second-order valence-electron chi connectivity index (χ2n) is 5.91. The quantitative estimate of drug-likeness (QED) is 0.719. The van der Waals surface area contributed by atoms with Crippen LogP contribution in [-0.4, -0.2) is 14.5 Å². The lowest BCUT2D eigenvalue weighted by Gasteiger charge is -2.23. The summed E-state index contributed by atoms with van der Waals surface area (Å²) in [7, 11) is 0. The van der Waals surface area contributed by atoms with E-state index in [0.717, 1.165) is 18.8 Å². The Hall–Kier alpha value is -2.03. The Morgan fingerprint density at radius 3 is 2.86 bits per heavy atom. The smallest absolute Gasteiger partial charge is 0.106 e. The molecular formula is C18H23N3. The van der Waals surface area contributed by atoms with Crippen molar-refractivity contribution in [3.05, 3.63) is 54.7 Å². The number of nitrogens with zero attached hydrogens (tertiary/aromatic N) is 2. The number of imidazole rings is 1. The molecule has 0 aliphatic heterocycles. The molecule has 3 nitrogen and oxygen atoms in total. The minimum atomic E-state index is 0.594. The fraction of sp³-hybridized carbons (Fsp3) is 0.389. The van der Waals surface area contributed by atoms with Crippen LogP contribution >= 0.6 is 0 Å². The third-order valence-electron chi connectivity index (χ3n) is 4.57. The highest BCUT2D eigenvalue weighted by atomic mass is 15.0.